The van der Waals surface area contributed by atoms with Gasteiger partial charge in [0.1, 0.15) is 5.76 Å². The number of nitrogens with zero attached hydrogens (tertiary/aromatic N) is 2. The van der Waals surface area contributed by atoms with Gasteiger partial charge in [-0.15, -0.1) is 0 Å². The Hall–Kier alpha value is -1.33. The average Bonchev–Trinajstić information content (AvgIpc) is 2.80. The van der Waals surface area contributed by atoms with Crippen LogP contribution in [0.3, 0.4) is 0 Å². The van der Waals surface area contributed by atoms with E-state index in [1.807, 2.05) is 12.1 Å². The van der Waals surface area contributed by atoms with E-state index in [9.17, 15) is 4.79 Å². The minimum absolute atomic E-state index is 0.109. The summed E-state index contributed by atoms with van der Waals surface area (Å²) in [5.41, 5.74) is 6.00. The fraction of sp³-hybridized carbons (Fsp3) is 0.643. The number of amides is 1. The summed E-state index contributed by atoms with van der Waals surface area (Å²) in [5.74, 6) is 1.48. The summed E-state index contributed by atoms with van der Waals surface area (Å²) in [6.45, 7) is 4.90. The van der Waals surface area contributed by atoms with Crippen molar-refractivity contribution in [1.82, 2.24) is 9.80 Å². The Morgan fingerprint density at radius 2 is 2.37 bits per heavy atom. The molecule has 1 aromatic heterocycles. The number of furan rings is 1. The summed E-state index contributed by atoms with van der Waals surface area (Å²) >= 11 is 0. The SMILES string of the molecule is CC1CC(N)CN(CC(=O)N(C)Cc2ccco2)C1. The quantitative estimate of drug-likeness (QED) is 0.879. The van der Waals surface area contributed by atoms with Crippen molar-refractivity contribution in [1.29, 1.82) is 0 Å². The van der Waals surface area contributed by atoms with Gasteiger partial charge in [-0.1, -0.05) is 6.92 Å². The highest BCUT2D eigenvalue weighted by Crippen LogP contribution is 2.15. The molecule has 0 saturated carbocycles. The van der Waals surface area contributed by atoms with E-state index in [-0.39, 0.29) is 11.9 Å². The maximum absolute atomic E-state index is 12.2. The molecule has 2 atom stereocenters. The zero-order valence-corrected chi connectivity index (χ0v) is 11.7. The molecule has 1 aliphatic heterocycles. The van der Waals surface area contributed by atoms with E-state index >= 15 is 0 Å². The van der Waals surface area contributed by atoms with E-state index in [4.69, 9.17) is 10.2 Å². The topological polar surface area (TPSA) is 62.7 Å². The van der Waals surface area contributed by atoms with Crippen LogP contribution in [-0.2, 0) is 11.3 Å². The number of carbonyl (C=O) groups is 1. The molecule has 2 N–H and O–H groups in total. The van der Waals surface area contributed by atoms with Gasteiger partial charge in [0.05, 0.1) is 19.4 Å². The Balaban J connectivity index is 1.82. The molecule has 1 fully saturated rings. The molecule has 0 spiro atoms. The highest BCUT2D eigenvalue weighted by atomic mass is 16.3. The Morgan fingerprint density at radius 1 is 1.58 bits per heavy atom. The van der Waals surface area contributed by atoms with E-state index in [0.29, 0.717) is 19.0 Å². The van der Waals surface area contributed by atoms with Crippen LogP contribution in [0.5, 0.6) is 0 Å². The van der Waals surface area contributed by atoms with Gasteiger partial charge in [-0.3, -0.25) is 9.69 Å². The highest BCUT2D eigenvalue weighted by molar-refractivity contribution is 5.77. The molecule has 5 nitrogen and oxygen atoms in total. The van der Waals surface area contributed by atoms with Crippen LogP contribution in [0, 0.1) is 5.92 Å². The second-order valence-electron chi connectivity index (χ2n) is 5.62. The molecule has 0 bridgehead atoms. The zero-order chi connectivity index (χ0) is 13.8. The Kier molecular flexibility index (Phi) is 4.61. The van der Waals surface area contributed by atoms with Crippen molar-refractivity contribution in [2.45, 2.75) is 25.9 Å². The number of hydrogen-bond acceptors (Lipinski definition) is 4. The fourth-order valence-corrected chi connectivity index (χ4v) is 2.68. The summed E-state index contributed by atoms with van der Waals surface area (Å²) in [6.07, 6.45) is 2.67. The number of piperidine rings is 1. The summed E-state index contributed by atoms with van der Waals surface area (Å²) in [5, 5.41) is 0. The number of likely N-dealkylation sites (N-methyl/N-ethyl adjacent to an activating group) is 1. The number of carbonyl (C=O) groups excluding carboxylic acids is 1. The third-order valence-corrected chi connectivity index (χ3v) is 3.53. The van der Waals surface area contributed by atoms with Gasteiger partial charge in [0.2, 0.25) is 5.91 Å². The van der Waals surface area contributed by atoms with E-state index in [0.717, 1.165) is 25.3 Å². The summed E-state index contributed by atoms with van der Waals surface area (Å²) in [6, 6.07) is 3.90. The number of likely N-dealkylation sites (tertiary alicyclic amines) is 1. The average molecular weight is 265 g/mol. The maximum atomic E-state index is 12.2. The molecule has 0 radical (unpaired) electrons. The summed E-state index contributed by atoms with van der Waals surface area (Å²) in [4.78, 5) is 16.0. The molecule has 106 valence electrons. The van der Waals surface area contributed by atoms with Crippen LogP contribution in [0.2, 0.25) is 0 Å². The van der Waals surface area contributed by atoms with Gasteiger partial charge in [-0.05, 0) is 24.5 Å². The second kappa shape index (κ2) is 6.21. The Bertz CT molecular complexity index is 395. The predicted octanol–water partition coefficient (Wildman–Crippen LogP) is 0.907. The van der Waals surface area contributed by atoms with Crippen LogP contribution in [0.25, 0.3) is 0 Å². The molecule has 1 saturated heterocycles. The Labute approximate surface area is 114 Å². The first-order valence-corrected chi connectivity index (χ1v) is 6.79. The van der Waals surface area contributed by atoms with Crippen molar-refractivity contribution in [2.75, 3.05) is 26.7 Å². The van der Waals surface area contributed by atoms with Gasteiger partial charge < -0.3 is 15.1 Å². The van der Waals surface area contributed by atoms with Crippen LogP contribution >= 0.6 is 0 Å². The van der Waals surface area contributed by atoms with Gasteiger partial charge >= 0.3 is 0 Å². The second-order valence-corrected chi connectivity index (χ2v) is 5.62. The molecule has 19 heavy (non-hydrogen) atoms. The molecule has 1 aliphatic rings. The van der Waals surface area contributed by atoms with Crippen molar-refractivity contribution in [2.24, 2.45) is 11.7 Å². The number of nitrogens with two attached hydrogens (primary N) is 1. The lowest BCUT2D eigenvalue weighted by Gasteiger charge is -2.35. The third kappa shape index (κ3) is 4.08. The molecular weight excluding hydrogens is 242 g/mol. The van der Waals surface area contributed by atoms with Crippen LogP contribution in [-0.4, -0.2) is 48.4 Å². The molecule has 0 aliphatic carbocycles. The lowest BCUT2D eigenvalue weighted by Crippen LogP contribution is -2.49. The van der Waals surface area contributed by atoms with Gasteiger partial charge in [0.15, 0.2) is 0 Å². The first-order chi connectivity index (χ1) is 9.04. The van der Waals surface area contributed by atoms with Crippen LogP contribution < -0.4 is 5.73 Å². The van der Waals surface area contributed by atoms with Crippen LogP contribution in [0.4, 0.5) is 0 Å². The lowest BCUT2D eigenvalue weighted by atomic mass is 9.97. The monoisotopic (exact) mass is 265 g/mol. The molecule has 2 unspecified atom stereocenters. The van der Waals surface area contributed by atoms with E-state index < -0.39 is 0 Å². The number of hydrogen-bond donors (Lipinski definition) is 1. The standard InChI is InChI=1S/C14H23N3O2/c1-11-6-12(15)8-17(7-11)10-14(18)16(2)9-13-4-3-5-19-13/h3-5,11-12H,6-10,15H2,1-2H3. The van der Waals surface area contributed by atoms with Gasteiger partial charge in [-0.25, -0.2) is 0 Å². The van der Waals surface area contributed by atoms with Crippen molar-refractivity contribution in [3.63, 3.8) is 0 Å². The lowest BCUT2D eigenvalue weighted by molar-refractivity contribution is -0.132. The zero-order valence-electron chi connectivity index (χ0n) is 11.7. The molecule has 5 heteroatoms. The van der Waals surface area contributed by atoms with Gasteiger partial charge in [0, 0.05) is 26.2 Å². The molecule has 0 aromatic carbocycles. The molecule has 1 aromatic rings. The van der Waals surface area contributed by atoms with Crippen molar-refractivity contribution < 1.29 is 9.21 Å². The predicted molar refractivity (Wildman–Crippen MR) is 73.4 cm³/mol. The van der Waals surface area contributed by atoms with Crippen LogP contribution in [0.1, 0.15) is 19.1 Å². The summed E-state index contributed by atoms with van der Waals surface area (Å²) < 4.78 is 5.25. The van der Waals surface area contributed by atoms with Crippen molar-refractivity contribution in [3.05, 3.63) is 24.2 Å². The van der Waals surface area contributed by atoms with E-state index in [1.54, 1.807) is 18.2 Å². The smallest absolute Gasteiger partial charge is 0.236 e. The molecule has 1 amide bonds. The number of rotatable bonds is 4. The van der Waals surface area contributed by atoms with Gasteiger partial charge in [0.25, 0.3) is 0 Å². The maximum Gasteiger partial charge on any atom is 0.236 e. The van der Waals surface area contributed by atoms with Crippen LogP contribution in [0.15, 0.2) is 22.8 Å². The molecular formula is C14H23N3O2. The Morgan fingerprint density at radius 3 is 3.00 bits per heavy atom. The van der Waals surface area contributed by atoms with Crippen molar-refractivity contribution >= 4 is 5.91 Å². The first-order valence-electron chi connectivity index (χ1n) is 6.79. The molecule has 2 rings (SSSR count). The fourth-order valence-electron chi connectivity index (χ4n) is 2.68. The van der Waals surface area contributed by atoms with Crippen molar-refractivity contribution in [3.8, 4) is 0 Å². The largest absolute Gasteiger partial charge is 0.467 e. The normalized spacial score (nSPS) is 24.4. The first kappa shape index (κ1) is 14.1. The van der Waals surface area contributed by atoms with Gasteiger partial charge in [-0.2, -0.15) is 0 Å². The van der Waals surface area contributed by atoms with E-state index in [1.165, 1.54) is 0 Å². The molecule has 2 heterocycles. The minimum atomic E-state index is 0.109. The van der Waals surface area contributed by atoms with E-state index in [2.05, 4.69) is 11.8 Å². The summed E-state index contributed by atoms with van der Waals surface area (Å²) in [7, 11) is 1.80. The third-order valence-electron chi connectivity index (χ3n) is 3.53. The minimum Gasteiger partial charge on any atom is -0.467 e. The highest BCUT2D eigenvalue weighted by Gasteiger charge is 2.24.